The predicted octanol–water partition coefficient (Wildman–Crippen LogP) is 3.34. The van der Waals surface area contributed by atoms with E-state index in [2.05, 4.69) is 10.2 Å². The molecule has 2 fully saturated rings. The predicted molar refractivity (Wildman–Crippen MR) is 121 cm³/mol. The van der Waals surface area contributed by atoms with Gasteiger partial charge in [0.15, 0.2) is 0 Å². The van der Waals surface area contributed by atoms with E-state index in [0.717, 1.165) is 44.5 Å². The SMILES string of the molecule is COC1CCCN(c2ccc(NC(=O)c3ccc(S(=O)(=O)N4CCCC4)cc3)cc2)C1. The van der Waals surface area contributed by atoms with E-state index < -0.39 is 10.0 Å². The van der Waals surface area contributed by atoms with E-state index in [9.17, 15) is 13.2 Å². The second-order valence-corrected chi connectivity index (χ2v) is 10.0. The maximum atomic E-state index is 12.6. The van der Waals surface area contributed by atoms with Gasteiger partial charge in [-0.3, -0.25) is 4.79 Å². The Morgan fingerprint density at radius 2 is 1.65 bits per heavy atom. The van der Waals surface area contributed by atoms with E-state index in [1.807, 2.05) is 24.3 Å². The Kier molecular flexibility index (Phi) is 6.60. The molecule has 2 saturated heterocycles. The van der Waals surface area contributed by atoms with E-state index in [4.69, 9.17) is 4.74 Å². The monoisotopic (exact) mass is 443 g/mol. The third-order valence-electron chi connectivity index (χ3n) is 6.02. The van der Waals surface area contributed by atoms with Crippen LogP contribution in [-0.4, -0.2) is 58.0 Å². The zero-order valence-electron chi connectivity index (χ0n) is 17.8. The minimum absolute atomic E-state index is 0.228. The normalized spacial score (nSPS) is 20.0. The van der Waals surface area contributed by atoms with Gasteiger partial charge in [-0.15, -0.1) is 0 Å². The van der Waals surface area contributed by atoms with Gasteiger partial charge < -0.3 is 15.0 Å². The van der Waals surface area contributed by atoms with Crippen molar-refractivity contribution in [2.24, 2.45) is 0 Å². The minimum Gasteiger partial charge on any atom is -0.380 e. The Balaban J connectivity index is 1.39. The van der Waals surface area contributed by atoms with Crippen molar-refractivity contribution in [2.75, 3.05) is 43.5 Å². The summed E-state index contributed by atoms with van der Waals surface area (Å²) < 4.78 is 32.2. The van der Waals surface area contributed by atoms with Gasteiger partial charge in [0.1, 0.15) is 0 Å². The molecule has 7 nitrogen and oxygen atoms in total. The topological polar surface area (TPSA) is 79.0 Å². The Hall–Kier alpha value is -2.42. The molecule has 2 aromatic carbocycles. The molecule has 1 atom stereocenters. The molecule has 2 aliphatic rings. The molecule has 0 bridgehead atoms. The average Bonchev–Trinajstić information content (AvgIpc) is 3.36. The molecule has 0 aliphatic carbocycles. The molecule has 1 N–H and O–H groups in total. The molecular weight excluding hydrogens is 414 g/mol. The highest BCUT2D eigenvalue weighted by Crippen LogP contribution is 2.24. The molecule has 166 valence electrons. The van der Waals surface area contributed by atoms with Crippen LogP contribution in [-0.2, 0) is 14.8 Å². The first-order valence-corrected chi connectivity index (χ1v) is 12.2. The Labute approximate surface area is 184 Å². The summed E-state index contributed by atoms with van der Waals surface area (Å²) in [6.45, 7) is 2.99. The molecule has 0 spiro atoms. The first-order valence-electron chi connectivity index (χ1n) is 10.8. The lowest BCUT2D eigenvalue weighted by atomic mass is 10.1. The number of hydrogen-bond acceptors (Lipinski definition) is 5. The fourth-order valence-electron chi connectivity index (χ4n) is 4.18. The second kappa shape index (κ2) is 9.38. The van der Waals surface area contributed by atoms with Gasteiger partial charge in [-0.05, 0) is 74.2 Å². The summed E-state index contributed by atoms with van der Waals surface area (Å²) in [5.74, 6) is -0.268. The zero-order chi connectivity index (χ0) is 21.8. The highest BCUT2D eigenvalue weighted by Gasteiger charge is 2.27. The van der Waals surface area contributed by atoms with Gasteiger partial charge in [0.25, 0.3) is 5.91 Å². The summed E-state index contributed by atoms with van der Waals surface area (Å²) in [6.07, 6.45) is 4.22. The van der Waals surface area contributed by atoms with Crippen LogP contribution < -0.4 is 10.2 Å². The van der Waals surface area contributed by atoms with Gasteiger partial charge in [-0.1, -0.05) is 0 Å². The van der Waals surface area contributed by atoms with Crippen LogP contribution in [0.3, 0.4) is 0 Å². The smallest absolute Gasteiger partial charge is 0.255 e. The molecule has 8 heteroatoms. The number of amides is 1. The Morgan fingerprint density at radius 3 is 2.29 bits per heavy atom. The number of rotatable bonds is 6. The number of carbonyl (C=O) groups excluding carboxylic acids is 1. The molecule has 0 radical (unpaired) electrons. The van der Waals surface area contributed by atoms with E-state index in [-0.39, 0.29) is 16.9 Å². The number of anilines is 2. The van der Waals surface area contributed by atoms with Crippen LogP contribution in [0.25, 0.3) is 0 Å². The highest BCUT2D eigenvalue weighted by atomic mass is 32.2. The van der Waals surface area contributed by atoms with Crippen LogP contribution >= 0.6 is 0 Å². The van der Waals surface area contributed by atoms with Crippen molar-refractivity contribution in [1.29, 1.82) is 0 Å². The van der Waals surface area contributed by atoms with E-state index in [1.54, 1.807) is 19.2 Å². The van der Waals surface area contributed by atoms with Crippen molar-refractivity contribution in [3.63, 3.8) is 0 Å². The van der Waals surface area contributed by atoms with Crippen molar-refractivity contribution < 1.29 is 17.9 Å². The van der Waals surface area contributed by atoms with Crippen LogP contribution in [0.4, 0.5) is 11.4 Å². The van der Waals surface area contributed by atoms with Crippen LogP contribution in [0.5, 0.6) is 0 Å². The Morgan fingerprint density at radius 1 is 0.968 bits per heavy atom. The summed E-state index contributed by atoms with van der Waals surface area (Å²) in [6, 6.07) is 13.9. The number of benzene rings is 2. The van der Waals surface area contributed by atoms with Crippen LogP contribution in [0.15, 0.2) is 53.4 Å². The number of nitrogens with one attached hydrogen (secondary N) is 1. The second-order valence-electron chi connectivity index (χ2n) is 8.08. The molecule has 2 heterocycles. The zero-order valence-corrected chi connectivity index (χ0v) is 18.6. The number of hydrogen-bond donors (Lipinski definition) is 1. The molecule has 31 heavy (non-hydrogen) atoms. The fourth-order valence-corrected chi connectivity index (χ4v) is 5.70. The molecular formula is C23H29N3O4S. The summed E-state index contributed by atoms with van der Waals surface area (Å²) in [5.41, 5.74) is 2.22. The lowest BCUT2D eigenvalue weighted by molar-refractivity contribution is 0.0893. The number of sulfonamides is 1. The quantitative estimate of drug-likeness (QED) is 0.741. The van der Waals surface area contributed by atoms with Gasteiger partial charge in [-0.25, -0.2) is 8.42 Å². The molecule has 4 rings (SSSR count). The minimum atomic E-state index is -3.47. The standard InChI is InChI=1S/C23H29N3O4S/c1-30-21-5-4-14-25(17-21)20-10-8-19(9-11-20)24-23(27)18-6-12-22(13-7-18)31(28,29)26-15-2-3-16-26/h6-13,21H,2-5,14-17H2,1H3,(H,24,27). The Bertz CT molecular complexity index is 1000. The summed E-state index contributed by atoms with van der Waals surface area (Å²) in [5, 5.41) is 2.88. The molecule has 2 aromatic rings. The summed E-state index contributed by atoms with van der Waals surface area (Å²) >= 11 is 0. The van der Waals surface area contributed by atoms with Gasteiger partial charge in [0.05, 0.1) is 11.0 Å². The highest BCUT2D eigenvalue weighted by molar-refractivity contribution is 7.89. The maximum Gasteiger partial charge on any atom is 0.255 e. The number of ether oxygens (including phenoxy) is 1. The van der Waals surface area contributed by atoms with Gasteiger partial charge >= 0.3 is 0 Å². The van der Waals surface area contributed by atoms with Gasteiger partial charge in [0.2, 0.25) is 10.0 Å². The number of piperidine rings is 1. The van der Waals surface area contributed by atoms with Crippen molar-refractivity contribution in [3.05, 3.63) is 54.1 Å². The molecule has 0 saturated carbocycles. The fraction of sp³-hybridized carbons (Fsp3) is 0.435. The average molecular weight is 444 g/mol. The molecule has 1 amide bonds. The lowest BCUT2D eigenvalue weighted by Gasteiger charge is -2.33. The summed E-state index contributed by atoms with van der Waals surface area (Å²) in [4.78, 5) is 15.1. The maximum absolute atomic E-state index is 12.6. The lowest BCUT2D eigenvalue weighted by Crippen LogP contribution is -2.39. The summed E-state index contributed by atoms with van der Waals surface area (Å²) in [7, 11) is -1.72. The van der Waals surface area contributed by atoms with Crippen molar-refractivity contribution >= 4 is 27.3 Å². The van der Waals surface area contributed by atoms with Crippen molar-refractivity contribution in [3.8, 4) is 0 Å². The number of nitrogens with zero attached hydrogens (tertiary/aromatic N) is 2. The van der Waals surface area contributed by atoms with E-state index >= 15 is 0 Å². The van der Waals surface area contributed by atoms with Crippen LogP contribution in [0.2, 0.25) is 0 Å². The van der Waals surface area contributed by atoms with E-state index in [1.165, 1.54) is 16.4 Å². The van der Waals surface area contributed by atoms with Gasteiger partial charge in [-0.2, -0.15) is 4.31 Å². The third kappa shape index (κ3) is 4.92. The molecule has 0 aromatic heterocycles. The largest absolute Gasteiger partial charge is 0.380 e. The first kappa shape index (κ1) is 21.8. The van der Waals surface area contributed by atoms with Crippen LogP contribution in [0.1, 0.15) is 36.0 Å². The van der Waals surface area contributed by atoms with E-state index in [0.29, 0.717) is 24.3 Å². The number of methoxy groups -OCH3 is 1. The number of carbonyl (C=O) groups is 1. The molecule has 1 unspecified atom stereocenters. The van der Waals surface area contributed by atoms with Crippen molar-refractivity contribution in [2.45, 2.75) is 36.7 Å². The van der Waals surface area contributed by atoms with Gasteiger partial charge in [0, 0.05) is 50.2 Å². The van der Waals surface area contributed by atoms with Crippen molar-refractivity contribution in [1.82, 2.24) is 4.31 Å². The molecule has 2 aliphatic heterocycles. The first-order chi connectivity index (χ1) is 15.0. The third-order valence-corrected chi connectivity index (χ3v) is 7.93. The van der Waals surface area contributed by atoms with Crippen LogP contribution in [0, 0.1) is 0 Å².